The van der Waals surface area contributed by atoms with Gasteiger partial charge in [0.2, 0.25) is 5.91 Å². The Balaban J connectivity index is 2.03. The van der Waals surface area contributed by atoms with Crippen LogP contribution in [0.2, 0.25) is 5.02 Å². The van der Waals surface area contributed by atoms with E-state index in [1.165, 1.54) is 41.3 Å². The lowest BCUT2D eigenvalue weighted by atomic mass is 10.2. The maximum atomic E-state index is 12.1. The molecule has 1 amide bonds. The van der Waals surface area contributed by atoms with Gasteiger partial charge >= 0.3 is 0 Å². The van der Waals surface area contributed by atoms with Gasteiger partial charge in [-0.3, -0.25) is 14.9 Å². The molecule has 2 rings (SSSR count). The van der Waals surface area contributed by atoms with Gasteiger partial charge in [0.05, 0.1) is 20.9 Å². The van der Waals surface area contributed by atoms with Crippen LogP contribution in [0, 0.1) is 10.1 Å². The minimum absolute atomic E-state index is 0.122. The van der Waals surface area contributed by atoms with E-state index < -0.39 is 4.92 Å². The third-order valence-electron chi connectivity index (χ3n) is 2.48. The SMILES string of the molecule is CC(Sc1nccs1)C(=O)Nc1ccc([N+](=O)[O-])cc1Cl. The Morgan fingerprint density at radius 3 is 2.90 bits per heavy atom. The molecule has 110 valence electrons. The number of carbonyl (C=O) groups is 1. The molecular formula is C12H10ClN3O3S2. The molecule has 0 saturated carbocycles. The van der Waals surface area contributed by atoms with Crippen LogP contribution in [0.15, 0.2) is 34.1 Å². The standard InChI is InChI=1S/C12H10ClN3O3S2/c1-7(21-12-14-4-5-20-12)11(17)15-10-3-2-8(16(18)19)6-9(10)13/h2-7H,1H3,(H,15,17). The van der Waals surface area contributed by atoms with Crippen LogP contribution in [0.25, 0.3) is 0 Å². The van der Waals surface area contributed by atoms with Crippen LogP contribution in [0.3, 0.4) is 0 Å². The number of rotatable bonds is 5. The highest BCUT2D eigenvalue weighted by molar-refractivity contribution is 8.02. The summed E-state index contributed by atoms with van der Waals surface area (Å²) >= 11 is 8.72. The van der Waals surface area contributed by atoms with Crippen molar-refractivity contribution in [1.29, 1.82) is 0 Å². The number of halogens is 1. The first kappa shape index (κ1) is 15.7. The quantitative estimate of drug-likeness (QED) is 0.506. The van der Waals surface area contributed by atoms with Crippen molar-refractivity contribution in [1.82, 2.24) is 4.98 Å². The minimum Gasteiger partial charge on any atom is -0.324 e. The van der Waals surface area contributed by atoms with E-state index in [1.807, 2.05) is 5.38 Å². The van der Waals surface area contributed by atoms with Crippen LogP contribution >= 0.6 is 34.7 Å². The first-order valence-corrected chi connectivity index (χ1v) is 7.92. The number of nitro benzene ring substituents is 1. The van der Waals surface area contributed by atoms with E-state index in [-0.39, 0.29) is 21.9 Å². The number of hydrogen-bond donors (Lipinski definition) is 1. The highest BCUT2D eigenvalue weighted by atomic mass is 35.5. The van der Waals surface area contributed by atoms with E-state index in [4.69, 9.17) is 11.6 Å². The van der Waals surface area contributed by atoms with Crippen LogP contribution in [0.4, 0.5) is 11.4 Å². The zero-order chi connectivity index (χ0) is 15.4. The van der Waals surface area contributed by atoms with Crippen molar-refractivity contribution in [3.63, 3.8) is 0 Å². The summed E-state index contributed by atoms with van der Waals surface area (Å²) in [6, 6.07) is 3.91. The molecule has 0 spiro atoms. The predicted molar refractivity (Wildman–Crippen MR) is 84.2 cm³/mol. The zero-order valence-electron chi connectivity index (χ0n) is 10.8. The van der Waals surface area contributed by atoms with E-state index in [9.17, 15) is 14.9 Å². The maximum absolute atomic E-state index is 12.1. The van der Waals surface area contributed by atoms with Gasteiger partial charge in [-0.1, -0.05) is 23.4 Å². The van der Waals surface area contributed by atoms with Crippen molar-refractivity contribution < 1.29 is 9.72 Å². The normalized spacial score (nSPS) is 11.9. The van der Waals surface area contributed by atoms with Gasteiger partial charge in [-0.25, -0.2) is 4.98 Å². The third kappa shape index (κ3) is 4.16. The highest BCUT2D eigenvalue weighted by Gasteiger charge is 2.18. The van der Waals surface area contributed by atoms with Crippen LogP contribution in [0.1, 0.15) is 6.92 Å². The molecule has 1 aromatic carbocycles. The Morgan fingerprint density at radius 2 is 2.33 bits per heavy atom. The summed E-state index contributed by atoms with van der Waals surface area (Å²) in [6.07, 6.45) is 1.67. The molecule has 1 atom stereocenters. The second kappa shape index (κ2) is 6.88. The van der Waals surface area contributed by atoms with E-state index in [2.05, 4.69) is 10.3 Å². The monoisotopic (exact) mass is 343 g/mol. The fraction of sp³-hybridized carbons (Fsp3) is 0.167. The van der Waals surface area contributed by atoms with Crippen LogP contribution < -0.4 is 5.32 Å². The summed E-state index contributed by atoms with van der Waals surface area (Å²) in [7, 11) is 0. The second-order valence-corrected chi connectivity index (χ2v) is 6.86. The smallest absolute Gasteiger partial charge is 0.271 e. The summed E-state index contributed by atoms with van der Waals surface area (Å²) in [4.78, 5) is 26.2. The molecule has 2 aromatic rings. The molecule has 1 unspecified atom stereocenters. The number of non-ortho nitro benzene ring substituents is 1. The summed E-state index contributed by atoms with van der Waals surface area (Å²) in [5, 5.41) is 14.9. The van der Waals surface area contributed by atoms with Gasteiger partial charge in [-0.2, -0.15) is 0 Å². The number of thiazole rings is 1. The summed E-state index contributed by atoms with van der Waals surface area (Å²) < 4.78 is 0.799. The second-order valence-electron chi connectivity index (χ2n) is 3.97. The molecule has 0 radical (unpaired) electrons. The lowest BCUT2D eigenvalue weighted by Gasteiger charge is -2.11. The molecule has 0 fully saturated rings. The van der Waals surface area contributed by atoms with E-state index in [0.29, 0.717) is 5.69 Å². The molecule has 0 aliphatic rings. The molecule has 1 heterocycles. The van der Waals surface area contributed by atoms with Crippen molar-refractivity contribution in [2.45, 2.75) is 16.5 Å². The van der Waals surface area contributed by atoms with E-state index >= 15 is 0 Å². The molecule has 6 nitrogen and oxygen atoms in total. The fourth-order valence-electron chi connectivity index (χ4n) is 1.43. The molecular weight excluding hydrogens is 334 g/mol. The molecule has 0 aliphatic heterocycles. The lowest BCUT2D eigenvalue weighted by Crippen LogP contribution is -2.22. The van der Waals surface area contributed by atoms with Gasteiger partial charge in [0.25, 0.3) is 5.69 Å². The van der Waals surface area contributed by atoms with Crippen molar-refractivity contribution in [3.05, 3.63) is 44.9 Å². The number of nitrogens with one attached hydrogen (secondary N) is 1. The summed E-state index contributed by atoms with van der Waals surface area (Å²) in [5.41, 5.74) is 0.224. The van der Waals surface area contributed by atoms with E-state index in [0.717, 1.165) is 4.34 Å². The molecule has 21 heavy (non-hydrogen) atoms. The number of thioether (sulfide) groups is 1. The number of aromatic nitrogens is 1. The van der Waals surface area contributed by atoms with Gasteiger partial charge in [0, 0.05) is 23.7 Å². The molecule has 1 aromatic heterocycles. The Kier molecular flexibility index (Phi) is 5.16. The number of nitro groups is 1. The van der Waals surface area contributed by atoms with Crippen molar-refractivity contribution in [2.24, 2.45) is 0 Å². The summed E-state index contributed by atoms with van der Waals surface area (Å²) in [5.74, 6) is -0.244. The molecule has 9 heteroatoms. The first-order valence-electron chi connectivity index (χ1n) is 5.78. The van der Waals surface area contributed by atoms with Crippen molar-refractivity contribution in [2.75, 3.05) is 5.32 Å². The van der Waals surface area contributed by atoms with Gasteiger partial charge in [0.1, 0.15) is 0 Å². The zero-order valence-corrected chi connectivity index (χ0v) is 13.2. The summed E-state index contributed by atoms with van der Waals surface area (Å²) in [6.45, 7) is 1.75. The largest absolute Gasteiger partial charge is 0.324 e. The Bertz CT molecular complexity index is 664. The average Bonchev–Trinajstić information content (AvgIpc) is 2.93. The van der Waals surface area contributed by atoms with Gasteiger partial charge in [-0.15, -0.1) is 11.3 Å². The number of nitrogens with zero attached hydrogens (tertiary/aromatic N) is 2. The van der Waals surface area contributed by atoms with Crippen LogP contribution in [0.5, 0.6) is 0 Å². The van der Waals surface area contributed by atoms with Crippen molar-refractivity contribution >= 4 is 52.0 Å². The molecule has 0 bridgehead atoms. The Hall–Kier alpha value is -1.64. The van der Waals surface area contributed by atoms with Gasteiger partial charge in [0.15, 0.2) is 4.34 Å². The molecule has 1 N–H and O–H groups in total. The number of hydrogen-bond acceptors (Lipinski definition) is 6. The van der Waals surface area contributed by atoms with Crippen LogP contribution in [-0.2, 0) is 4.79 Å². The van der Waals surface area contributed by atoms with Gasteiger partial charge < -0.3 is 5.32 Å². The minimum atomic E-state index is -0.543. The van der Waals surface area contributed by atoms with Gasteiger partial charge in [-0.05, 0) is 13.0 Å². The number of anilines is 1. The van der Waals surface area contributed by atoms with E-state index in [1.54, 1.807) is 13.1 Å². The molecule has 0 saturated heterocycles. The first-order chi connectivity index (χ1) is 9.97. The fourth-order valence-corrected chi connectivity index (χ4v) is 3.42. The highest BCUT2D eigenvalue weighted by Crippen LogP contribution is 2.29. The molecule has 0 aliphatic carbocycles. The Labute approximate surface area is 133 Å². The maximum Gasteiger partial charge on any atom is 0.271 e. The number of carbonyl (C=O) groups excluding carboxylic acids is 1. The number of amides is 1. The van der Waals surface area contributed by atoms with Crippen LogP contribution in [-0.4, -0.2) is 21.1 Å². The Morgan fingerprint density at radius 1 is 1.57 bits per heavy atom. The topological polar surface area (TPSA) is 85.1 Å². The lowest BCUT2D eigenvalue weighted by molar-refractivity contribution is -0.384. The van der Waals surface area contributed by atoms with Crippen molar-refractivity contribution in [3.8, 4) is 0 Å². The third-order valence-corrected chi connectivity index (χ3v) is 4.81. The predicted octanol–water partition coefficient (Wildman–Crippen LogP) is 3.82. The number of benzene rings is 1. The average molecular weight is 344 g/mol.